The Labute approximate surface area is 134 Å². The van der Waals surface area contributed by atoms with Crippen LogP contribution in [0.1, 0.15) is 17.3 Å². The predicted octanol–water partition coefficient (Wildman–Crippen LogP) is 3.12. The molecule has 1 aromatic carbocycles. The van der Waals surface area contributed by atoms with Crippen LogP contribution in [-0.4, -0.2) is 36.8 Å². The van der Waals surface area contributed by atoms with Crippen molar-refractivity contribution in [3.63, 3.8) is 0 Å². The van der Waals surface area contributed by atoms with Gasteiger partial charge in [0.25, 0.3) is 0 Å². The van der Waals surface area contributed by atoms with Gasteiger partial charge in [0, 0.05) is 17.6 Å². The summed E-state index contributed by atoms with van der Waals surface area (Å²) in [6, 6.07) is 3.06. The molecule has 1 aliphatic rings. The number of carbonyl (C=O) groups is 1. The first-order valence-electron chi connectivity index (χ1n) is 6.89. The molecule has 1 aliphatic heterocycles. The van der Waals surface area contributed by atoms with Crippen LogP contribution in [0.3, 0.4) is 0 Å². The first-order chi connectivity index (χ1) is 10.6. The molecule has 0 spiro atoms. The molecule has 5 nitrogen and oxygen atoms in total. The fourth-order valence-electron chi connectivity index (χ4n) is 2.23. The van der Waals surface area contributed by atoms with E-state index in [0.717, 1.165) is 0 Å². The monoisotopic (exact) mass is 368 g/mol. The SMILES string of the molecule is CCOC(=O)c1cnc2cc(F)c(Br)cc2c1NC1COC1. The van der Waals surface area contributed by atoms with Crippen LogP contribution in [0.25, 0.3) is 10.9 Å². The number of aromatic nitrogens is 1. The fourth-order valence-corrected chi connectivity index (χ4v) is 2.57. The number of esters is 1. The van der Waals surface area contributed by atoms with E-state index in [1.165, 1.54) is 12.3 Å². The maximum Gasteiger partial charge on any atom is 0.341 e. The van der Waals surface area contributed by atoms with Crippen LogP contribution in [0.5, 0.6) is 0 Å². The van der Waals surface area contributed by atoms with Gasteiger partial charge in [-0.2, -0.15) is 0 Å². The van der Waals surface area contributed by atoms with E-state index in [1.807, 2.05) is 0 Å². The number of hydrogen-bond acceptors (Lipinski definition) is 5. The van der Waals surface area contributed by atoms with Gasteiger partial charge < -0.3 is 14.8 Å². The van der Waals surface area contributed by atoms with Gasteiger partial charge in [-0.05, 0) is 28.9 Å². The first-order valence-corrected chi connectivity index (χ1v) is 7.68. The van der Waals surface area contributed by atoms with Gasteiger partial charge >= 0.3 is 5.97 Å². The van der Waals surface area contributed by atoms with Gasteiger partial charge in [0.1, 0.15) is 11.4 Å². The molecular formula is C15H14BrFN2O3. The summed E-state index contributed by atoms with van der Waals surface area (Å²) < 4.78 is 24.2. The highest BCUT2D eigenvalue weighted by Gasteiger charge is 2.24. The van der Waals surface area contributed by atoms with Crippen LogP contribution in [0, 0.1) is 5.82 Å². The zero-order valence-corrected chi connectivity index (χ0v) is 13.4. The molecule has 3 rings (SSSR count). The summed E-state index contributed by atoms with van der Waals surface area (Å²) >= 11 is 3.17. The number of anilines is 1. The van der Waals surface area contributed by atoms with E-state index in [4.69, 9.17) is 9.47 Å². The largest absolute Gasteiger partial charge is 0.462 e. The van der Waals surface area contributed by atoms with Crippen LogP contribution in [0.4, 0.5) is 10.1 Å². The van der Waals surface area contributed by atoms with Gasteiger partial charge in [0.15, 0.2) is 0 Å². The third-order valence-electron chi connectivity index (χ3n) is 3.39. The van der Waals surface area contributed by atoms with Crippen molar-refractivity contribution in [3.05, 3.63) is 34.2 Å². The second-order valence-corrected chi connectivity index (χ2v) is 5.78. The number of nitrogens with one attached hydrogen (secondary N) is 1. The minimum absolute atomic E-state index is 0.114. The highest BCUT2D eigenvalue weighted by molar-refractivity contribution is 9.10. The van der Waals surface area contributed by atoms with Gasteiger partial charge in [-0.25, -0.2) is 9.18 Å². The molecule has 116 valence electrons. The van der Waals surface area contributed by atoms with Crippen LogP contribution >= 0.6 is 15.9 Å². The molecule has 7 heteroatoms. The number of fused-ring (bicyclic) bond motifs is 1. The van der Waals surface area contributed by atoms with E-state index < -0.39 is 11.8 Å². The lowest BCUT2D eigenvalue weighted by Crippen LogP contribution is -2.40. The number of rotatable bonds is 4. The van der Waals surface area contributed by atoms with Crippen molar-refractivity contribution in [3.8, 4) is 0 Å². The number of hydrogen-bond donors (Lipinski definition) is 1. The van der Waals surface area contributed by atoms with Crippen molar-refractivity contribution < 1.29 is 18.7 Å². The summed E-state index contributed by atoms with van der Waals surface area (Å²) in [6.07, 6.45) is 1.41. The summed E-state index contributed by atoms with van der Waals surface area (Å²) in [5.74, 6) is -0.859. The second-order valence-electron chi connectivity index (χ2n) is 4.93. The second kappa shape index (κ2) is 6.18. The number of halogens is 2. The molecule has 2 heterocycles. The highest BCUT2D eigenvalue weighted by Crippen LogP contribution is 2.31. The van der Waals surface area contributed by atoms with Gasteiger partial charge in [-0.3, -0.25) is 4.98 Å². The van der Waals surface area contributed by atoms with Crippen LogP contribution in [-0.2, 0) is 9.47 Å². The molecule has 0 unspecified atom stereocenters. The summed E-state index contributed by atoms with van der Waals surface area (Å²) in [6.45, 7) is 3.14. The number of nitrogens with zero attached hydrogens (tertiary/aromatic N) is 1. The Morgan fingerprint density at radius 1 is 1.55 bits per heavy atom. The third kappa shape index (κ3) is 2.78. The predicted molar refractivity (Wildman–Crippen MR) is 83.6 cm³/mol. The Morgan fingerprint density at radius 3 is 2.95 bits per heavy atom. The fraction of sp³-hybridized carbons (Fsp3) is 0.333. The van der Waals surface area contributed by atoms with Crippen LogP contribution in [0.2, 0.25) is 0 Å². The van der Waals surface area contributed by atoms with Gasteiger partial charge in [0.2, 0.25) is 0 Å². The van der Waals surface area contributed by atoms with E-state index in [1.54, 1.807) is 13.0 Å². The molecule has 1 fully saturated rings. The molecule has 0 radical (unpaired) electrons. The molecule has 0 saturated carbocycles. The third-order valence-corrected chi connectivity index (χ3v) is 4.00. The van der Waals surface area contributed by atoms with E-state index in [0.29, 0.717) is 39.8 Å². The van der Waals surface area contributed by atoms with E-state index in [-0.39, 0.29) is 12.6 Å². The number of ether oxygens (including phenoxy) is 2. The van der Waals surface area contributed by atoms with Crippen LogP contribution < -0.4 is 5.32 Å². The zero-order chi connectivity index (χ0) is 15.7. The smallest absolute Gasteiger partial charge is 0.341 e. The standard InChI is InChI=1S/C15H14BrFN2O3/c1-2-22-15(20)10-5-18-13-4-12(17)11(16)3-9(13)14(10)19-8-6-21-7-8/h3-5,8H,2,6-7H2,1H3,(H,18,19). The number of pyridine rings is 1. The Kier molecular flexibility index (Phi) is 4.26. The Morgan fingerprint density at radius 2 is 2.32 bits per heavy atom. The van der Waals surface area contributed by atoms with Crippen molar-refractivity contribution in [2.75, 3.05) is 25.1 Å². The summed E-state index contributed by atoms with van der Waals surface area (Å²) in [5, 5.41) is 3.92. The minimum atomic E-state index is -0.458. The lowest BCUT2D eigenvalue weighted by Gasteiger charge is -2.29. The van der Waals surface area contributed by atoms with Crippen molar-refractivity contribution in [1.29, 1.82) is 0 Å². The molecule has 1 N–H and O–H groups in total. The normalized spacial score (nSPS) is 14.7. The molecule has 1 saturated heterocycles. The van der Waals surface area contributed by atoms with Gasteiger partial charge in [-0.15, -0.1) is 0 Å². The summed E-state index contributed by atoms with van der Waals surface area (Å²) in [4.78, 5) is 16.3. The number of carbonyl (C=O) groups excluding carboxylic acids is 1. The van der Waals surface area contributed by atoms with E-state index in [2.05, 4.69) is 26.2 Å². The zero-order valence-electron chi connectivity index (χ0n) is 11.9. The summed E-state index contributed by atoms with van der Waals surface area (Å²) in [7, 11) is 0. The van der Waals surface area contributed by atoms with Gasteiger partial charge in [-0.1, -0.05) is 0 Å². The van der Waals surface area contributed by atoms with Gasteiger partial charge in [0.05, 0.1) is 41.5 Å². The number of benzene rings is 1. The van der Waals surface area contributed by atoms with E-state index >= 15 is 0 Å². The molecule has 22 heavy (non-hydrogen) atoms. The Balaban J connectivity index is 2.14. The maximum absolute atomic E-state index is 13.7. The quantitative estimate of drug-likeness (QED) is 0.840. The molecule has 0 aliphatic carbocycles. The Hall–Kier alpha value is -1.73. The molecular weight excluding hydrogens is 355 g/mol. The lowest BCUT2D eigenvalue weighted by atomic mass is 10.1. The van der Waals surface area contributed by atoms with E-state index in [9.17, 15) is 9.18 Å². The molecule has 0 bridgehead atoms. The van der Waals surface area contributed by atoms with Crippen LogP contribution in [0.15, 0.2) is 22.8 Å². The first kappa shape index (κ1) is 15.2. The van der Waals surface area contributed by atoms with Crippen molar-refractivity contribution in [2.24, 2.45) is 0 Å². The summed E-state index contributed by atoms with van der Waals surface area (Å²) in [5.41, 5.74) is 1.40. The average molecular weight is 369 g/mol. The molecule has 0 amide bonds. The minimum Gasteiger partial charge on any atom is -0.462 e. The van der Waals surface area contributed by atoms with Crippen molar-refractivity contribution >= 4 is 38.5 Å². The lowest BCUT2D eigenvalue weighted by molar-refractivity contribution is 0.0210. The Bertz CT molecular complexity index is 734. The van der Waals surface area contributed by atoms with Crippen molar-refractivity contribution in [1.82, 2.24) is 4.98 Å². The maximum atomic E-state index is 13.7. The van der Waals surface area contributed by atoms with Crippen molar-refractivity contribution in [2.45, 2.75) is 13.0 Å². The highest BCUT2D eigenvalue weighted by atomic mass is 79.9. The molecule has 2 aromatic rings. The molecule has 1 aromatic heterocycles. The molecule has 0 atom stereocenters. The average Bonchev–Trinajstić information content (AvgIpc) is 2.44. The topological polar surface area (TPSA) is 60.5 Å².